The minimum Gasteiger partial charge on any atom is -0.334 e. The molecule has 1 N–H and O–H groups in total. The molecule has 3 heterocycles. The van der Waals surface area contributed by atoms with Gasteiger partial charge < -0.3 is 14.8 Å². The van der Waals surface area contributed by atoms with Gasteiger partial charge in [-0.15, -0.1) is 10.2 Å². The van der Waals surface area contributed by atoms with E-state index in [0.717, 1.165) is 11.6 Å². The smallest absolute Gasteiger partial charge is 0.318 e. The summed E-state index contributed by atoms with van der Waals surface area (Å²) < 4.78 is 41.8. The minimum absolute atomic E-state index is 0.156. The van der Waals surface area contributed by atoms with E-state index in [9.17, 15) is 17.6 Å². The fourth-order valence-electron chi connectivity index (χ4n) is 4.26. The molecule has 0 spiro atoms. The standard InChI is InChI=1S/C21H29FN6O3S/c1-15(2)32(30,31)27-8-6-17(7-9-27)20-25-24-19-14-26(10-11-28(19)20)21(29)23-13-16-4-3-5-18(22)12-16/h3-5,12,15,17H,6-11,13-14H2,1-2H3,(H,23,29). The molecule has 0 aliphatic carbocycles. The molecule has 2 amide bonds. The summed E-state index contributed by atoms with van der Waals surface area (Å²) in [5, 5.41) is 11.1. The molecular weight excluding hydrogens is 435 g/mol. The van der Waals surface area contributed by atoms with Crippen molar-refractivity contribution in [2.45, 2.75) is 57.5 Å². The van der Waals surface area contributed by atoms with Crippen LogP contribution in [0.15, 0.2) is 24.3 Å². The van der Waals surface area contributed by atoms with E-state index < -0.39 is 15.3 Å². The summed E-state index contributed by atoms with van der Waals surface area (Å²) in [6.07, 6.45) is 1.42. The lowest BCUT2D eigenvalue weighted by atomic mass is 9.97. The Balaban J connectivity index is 1.35. The first-order valence-electron chi connectivity index (χ1n) is 10.9. The van der Waals surface area contributed by atoms with Gasteiger partial charge >= 0.3 is 6.03 Å². The maximum Gasteiger partial charge on any atom is 0.318 e. The first-order chi connectivity index (χ1) is 15.3. The van der Waals surface area contributed by atoms with Gasteiger partial charge in [0.25, 0.3) is 0 Å². The Bertz CT molecular complexity index is 1080. The highest BCUT2D eigenvalue weighted by Gasteiger charge is 2.34. The highest BCUT2D eigenvalue weighted by atomic mass is 32.2. The van der Waals surface area contributed by atoms with Gasteiger partial charge in [0, 0.05) is 38.6 Å². The van der Waals surface area contributed by atoms with Crippen molar-refractivity contribution < 1.29 is 17.6 Å². The molecule has 0 bridgehead atoms. The molecule has 2 aliphatic heterocycles. The number of nitrogens with zero attached hydrogens (tertiary/aromatic N) is 5. The predicted octanol–water partition coefficient (Wildman–Crippen LogP) is 2.06. The summed E-state index contributed by atoms with van der Waals surface area (Å²) in [5.74, 6) is 1.43. The van der Waals surface area contributed by atoms with Crippen molar-refractivity contribution in [2.75, 3.05) is 19.6 Å². The lowest BCUT2D eigenvalue weighted by Gasteiger charge is -2.33. The summed E-state index contributed by atoms with van der Waals surface area (Å²) in [4.78, 5) is 14.2. The number of nitrogens with one attached hydrogen (secondary N) is 1. The van der Waals surface area contributed by atoms with E-state index in [0.29, 0.717) is 51.1 Å². The van der Waals surface area contributed by atoms with Crippen molar-refractivity contribution >= 4 is 16.1 Å². The van der Waals surface area contributed by atoms with Gasteiger partial charge in [-0.1, -0.05) is 12.1 Å². The van der Waals surface area contributed by atoms with Gasteiger partial charge in [-0.05, 0) is 44.4 Å². The van der Waals surface area contributed by atoms with Crippen molar-refractivity contribution in [3.63, 3.8) is 0 Å². The molecular formula is C21H29FN6O3S. The van der Waals surface area contributed by atoms with Crippen LogP contribution in [0.5, 0.6) is 0 Å². The number of rotatable bonds is 5. The number of sulfonamides is 1. The first kappa shape index (κ1) is 22.7. The monoisotopic (exact) mass is 464 g/mol. The fraction of sp³-hybridized carbons (Fsp3) is 0.571. The van der Waals surface area contributed by atoms with Gasteiger partial charge in [0.1, 0.15) is 11.6 Å². The zero-order chi connectivity index (χ0) is 22.9. The average molecular weight is 465 g/mol. The number of carbonyl (C=O) groups excluding carboxylic acids is 1. The second-order valence-electron chi connectivity index (χ2n) is 8.60. The molecule has 0 saturated carbocycles. The number of benzene rings is 1. The quantitative estimate of drug-likeness (QED) is 0.730. The van der Waals surface area contributed by atoms with E-state index in [4.69, 9.17) is 0 Å². The molecule has 174 valence electrons. The molecule has 1 aromatic heterocycles. The van der Waals surface area contributed by atoms with Crippen molar-refractivity contribution in [3.8, 4) is 0 Å². The van der Waals surface area contributed by atoms with E-state index in [1.165, 1.54) is 12.1 Å². The van der Waals surface area contributed by atoms with Crippen LogP contribution in [-0.2, 0) is 29.7 Å². The second-order valence-corrected chi connectivity index (χ2v) is 11.1. The van der Waals surface area contributed by atoms with Crippen LogP contribution in [0, 0.1) is 5.82 Å². The van der Waals surface area contributed by atoms with Crippen LogP contribution in [0.1, 0.15) is 49.8 Å². The van der Waals surface area contributed by atoms with Gasteiger partial charge in [-0.25, -0.2) is 21.9 Å². The molecule has 0 radical (unpaired) electrons. The third-order valence-corrected chi connectivity index (χ3v) is 8.45. The van der Waals surface area contributed by atoms with Crippen molar-refractivity contribution in [2.24, 2.45) is 0 Å². The van der Waals surface area contributed by atoms with Crippen LogP contribution >= 0.6 is 0 Å². The van der Waals surface area contributed by atoms with Gasteiger partial charge in [-0.2, -0.15) is 0 Å². The lowest BCUT2D eigenvalue weighted by molar-refractivity contribution is 0.180. The third kappa shape index (κ3) is 4.63. The number of piperidine rings is 1. The van der Waals surface area contributed by atoms with Crippen LogP contribution in [0.25, 0.3) is 0 Å². The predicted molar refractivity (Wildman–Crippen MR) is 117 cm³/mol. The van der Waals surface area contributed by atoms with E-state index in [1.807, 2.05) is 0 Å². The number of urea groups is 1. The molecule has 11 heteroatoms. The summed E-state index contributed by atoms with van der Waals surface area (Å²) in [6, 6.07) is 5.92. The van der Waals surface area contributed by atoms with Crippen LogP contribution < -0.4 is 5.32 Å². The number of aromatic nitrogens is 3. The number of fused-ring (bicyclic) bond motifs is 1. The highest BCUT2D eigenvalue weighted by molar-refractivity contribution is 7.89. The van der Waals surface area contributed by atoms with Crippen LogP contribution in [-0.4, -0.2) is 63.3 Å². The Labute approximate surface area is 187 Å². The zero-order valence-electron chi connectivity index (χ0n) is 18.4. The normalized spacial score (nSPS) is 18.1. The number of hydrogen-bond acceptors (Lipinski definition) is 5. The Morgan fingerprint density at radius 2 is 1.94 bits per heavy atom. The molecule has 1 saturated heterocycles. The van der Waals surface area contributed by atoms with Crippen LogP contribution in [0.3, 0.4) is 0 Å². The summed E-state index contributed by atoms with van der Waals surface area (Å²) in [6.45, 7) is 6.10. The molecule has 0 atom stereocenters. The molecule has 0 unspecified atom stereocenters. The lowest BCUT2D eigenvalue weighted by Crippen LogP contribution is -2.44. The second kappa shape index (κ2) is 9.14. The highest BCUT2D eigenvalue weighted by Crippen LogP contribution is 2.30. The Morgan fingerprint density at radius 3 is 2.62 bits per heavy atom. The molecule has 2 aromatic rings. The Hall–Kier alpha value is -2.53. The van der Waals surface area contributed by atoms with Gasteiger partial charge in [0.15, 0.2) is 5.82 Å². The first-order valence-corrected chi connectivity index (χ1v) is 12.4. The maximum atomic E-state index is 13.3. The molecule has 1 aromatic carbocycles. The topological polar surface area (TPSA) is 100 Å². The zero-order valence-corrected chi connectivity index (χ0v) is 19.2. The molecule has 2 aliphatic rings. The average Bonchev–Trinajstić information content (AvgIpc) is 3.21. The van der Waals surface area contributed by atoms with E-state index in [2.05, 4.69) is 20.1 Å². The number of amides is 2. The van der Waals surface area contributed by atoms with Gasteiger partial charge in [0.05, 0.1) is 11.8 Å². The van der Waals surface area contributed by atoms with E-state index in [1.54, 1.807) is 35.2 Å². The fourth-order valence-corrected chi connectivity index (χ4v) is 5.57. The molecule has 9 nitrogen and oxygen atoms in total. The maximum absolute atomic E-state index is 13.3. The summed E-state index contributed by atoms with van der Waals surface area (Å²) >= 11 is 0. The van der Waals surface area contributed by atoms with Crippen LogP contribution in [0.2, 0.25) is 0 Å². The van der Waals surface area contributed by atoms with Crippen molar-refractivity contribution in [1.82, 2.24) is 29.3 Å². The molecule has 4 rings (SSSR count). The summed E-state index contributed by atoms with van der Waals surface area (Å²) in [5.41, 5.74) is 0.701. The number of hydrogen-bond donors (Lipinski definition) is 1. The van der Waals surface area contributed by atoms with Crippen molar-refractivity contribution in [1.29, 1.82) is 0 Å². The molecule has 1 fully saturated rings. The van der Waals surface area contributed by atoms with Gasteiger partial charge in [0.2, 0.25) is 10.0 Å². The minimum atomic E-state index is -3.24. The number of carbonyl (C=O) groups is 1. The van der Waals surface area contributed by atoms with Crippen molar-refractivity contribution in [3.05, 3.63) is 47.3 Å². The summed E-state index contributed by atoms with van der Waals surface area (Å²) in [7, 11) is -3.24. The Kier molecular flexibility index (Phi) is 6.47. The van der Waals surface area contributed by atoms with Crippen LogP contribution in [0.4, 0.5) is 9.18 Å². The van der Waals surface area contributed by atoms with Gasteiger partial charge in [-0.3, -0.25) is 0 Å². The Morgan fingerprint density at radius 1 is 1.19 bits per heavy atom. The number of halogens is 1. The van der Waals surface area contributed by atoms with E-state index >= 15 is 0 Å². The largest absolute Gasteiger partial charge is 0.334 e. The molecule has 32 heavy (non-hydrogen) atoms. The third-order valence-electron chi connectivity index (χ3n) is 6.18. The van der Waals surface area contributed by atoms with E-state index in [-0.39, 0.29) is 24.3 Å². The SMILES string of the molecule is CC(C)S(=O)(=O)N1CCC(c2nnc3n2CCN(C(=O)NCc2cccc(F)c2)C3)CC1.